The molecule has 0 saturated carbocycles. The van der Waals surface area contributed by atoms with E-state index in [1.165, 1.54) is 0 Å². The van der Waals surface area contributed by atoms with Crippen LogP contribution >= 0.6 is 0 Å². The smallest absolute Gasteiger partial charge is 0.303 e. The number of hydrogen-bond donors (Lipinski definition) is 2. The first kappa shape index (κ1) is 18.0. The summed E-state index contributed by atoms with van der Waals surface area (Å²) in [4.78, 5) is 10.8. The van der Waals surface area contributed by atoms with Gasteiger partial charge in [0.2, 0.25) is 0 Å². The van der Waals surface area contributed by atoms with Crippen molar-refractivity contribution in [2.45, 2.75) is 31.8 Å². The Morgan fingerprint density at radius 3 is 2.25 bits per heavy atom. The average molecular weight is 337 g/mol. The van der Waals surface area contributed by atoms with Gasteiger partial charge >= 0.3 is 5.97 Å². The standard InChI is InChI=1S/C18H18F3NO2/c19-15-9-13(10-16(20)18(15)21)11-22-14(6-7-17(23)24)8-12-4-2-1-3-5-12/h1-5,9-10,14,22H,6-8,11H2,(H,23,24). The third-order valence-electron chi connectivity index (χ3n) is 3.67. The molecule has 0 aliphatic rings. The summed E-state index contributed by atoms with van der Waals surface area (Å²) >= 11 is 0. The van der Waals surface area contributed by atoms with Gasteiger partial charge in [0.1, 0.15) is 0 Å². The van der Waals surface area contributed by atoms with Gasteiger partial charge in [-0.3, -0.25) is 4.79 Å². The molecule has 2 rings (SSSR count). The lowest BCUT2D eigenvalue weighted by atomic mass is 10.0. The van der Waals surface area contributed by atoms with E-state index in [2.05, 4.69) is 5.32 Å². The summed E-state index contributed by atoms with van der Waals surface area (Å²) in [7, 11) is 0. The van der Waals surface area contributed by atoms with E-state index in [-0.39, 0.29) is 24.6 Å². The predicted molar refractivity (Wildman–Crippen MR) is 84.0 cm³/mol. The Balaban J connectivity index is 2.03. The topological polar surface area (TPSA) is 49.3 Å². The minimum absolute atomic E-state index is 0.0172. The molecule has 0 aliphatic carbocycles. The molecule has 128 valence electrons. The third-order valence-corrected chi connectivity index (χ3v) is 3.67. The largest absolute Gasteiger partial charge is 0.481 e. The van der Waals surface area contributed by atoms with E-state index in [0.717, 1.165) is 17.7 Å². The molecule has 24 heavy (non-hydrogen) atoms. The Morgan fingerprint density at radius 1 is 1.04 bits per heavy atom. The van der Waals surface area contributed by atoms with Crippen molar-refractivity contribution in [3.8, 4) is 0 Å². The lowest BCUT2D eigenvalue weighted by Gasteiger charge is -2.18. The van der Waals surface area contributed by atoms with Crippen LogP contribution in [0.3, 0.4) is 0 Å². The second kappa shape index (κ2) is 8.49. The normalized spacial score (nSPS) is 12.1. The SMILES string of the molecule is O=C(O)CCC(Cc1ccccc1)NCc1cc(F)c(F)c(F)c1. The molecular weight excluding hydrogens is 319 g/mol. The number of rotatable bonds is 8. The van der Waals surface area contributed by atoms with Crippen LogP contribution < -0.4 is 5.32 Å². The maximum atomic E-state index is 13.2. The molecule has 0 radical (unpaired) electrons. The number of nitrogens with one attached hydrogen (secondary N) is 1. The zero-order chi connectivity index (χ0) is 17.5. The Morgan fingerprint density at radius 2 is 1.67 bits per heavy atom. The van der Waals surface area contributed by atoms with Gasteiger partial charge in [0.15, 0.2) is 17.5 Å². The van der Waals surface area contributed by atoms with Crippen LogP contribution in [-0.4, -0.2) is 17.1 Å². The van der Waals surface area contributed by atoms with Crippen molar-refractivity contribution in [3.05, 3.63) is 71.0 Å². The van der Waals surface area contributed by atoms with Gasteiger partial charge in [0.25, 0.3) is 0 Å². The average Bonchev–Trinajstić information content (AvgIpc) is 2.55. The zero-order valence-electron chi connectivity index (χ0n) is 12.9. The Bertz CT molecular complexity index is 669. The van der Waals surface area contributed by atoms with Crippen molar-refractivity contribution in [1.29, 1.82) is 0 Å². The predicted octanol–water partition coefficient (Wildman–Crippen LogP) is 3.67. The summed E-state index contributed by atoms with van der Waals surface area (Å²) in [6.45, 7) is 0.116. The summed E-state index contributed by atoms with van der Waals surface area (Å²) < 4.78 is 39.5. The highest BCUT2D eigenvalue weighted by molar-refractivity contribution is 5.66. The quantitative estimate of drug-likeness (QED) is 0.723. The van der Waals surface area contributed by atoms with Crippen LogP contribution in [0.2, 0.25) is 0 Å². The second-order valence-corrected chi connectivity index (χ2v) is 5.57. The molecule has 0 heterocycles. The number of hydrogen-bond acceptors (Lipinski definition) is 2. The van der Waals surface area contributed by atoms with Gasteiger partial charge in [-0.15, -0.1) is 0 Å². The summed E-state index contributed by atoms with van der Waals surface area (Å²) in [6, 6.07) is 11.2. The lowest BCUT2D eigenvalue weighted by molar-refractivity contribution is -0.137. The van der Waals surface area contributed by atoms with E-state index in [1.807, 2.05) is 30.3 Å². The number of carboxylic acid groups (broad SMARTS) is 1. The van der Waals surface area contributed by atoms with E-state index < -0.39 is 23.4 Å². The summed E-state index contributed by atoms with van der Waals surface area (Å²) in [5.74, 6) is -4.88. The minimum atomic E-state index is -1.49. The highest BCUT2D eigenvalue weighted by Crippen LogP contribution is 2.14. The molecular formula is C18H18F3NO2. The highest BCUT2D eigenvalue weighted by atomic mass is 19.2. The van der Waals surface area contributed by atoms with Crippen LogP contribution in [0.1, 0.15) is 24.0 Å². The third kappa shape index (κ3) is 5.38. The molecule has 2 aromatic rings. The van der Waals surface area contributed by atoms with Gasteiger partial charge in [0, 0.05) is 19.0 Å². The first-order valence-electron chi connectivity index (χ1n) is 7.58. The summed E-state index contributed by atoms with van der Waals surface area (Å²) in [5.41, 5.74) is 1.29. The molecule has 1 unspecified atom stereocenters. The van der Waals surface area contributed by atoms with Gasteiger partial charge in [-0.1, -0.05) is 30.3 Å². The second-order valence-electron chi connectivity index (χ2n) is 5.57. The van der Waals surface area contributed by atoms with Crippen molar-refractivity contribution in [1.82, 2.24) is 5.32 Å². The molecule has 2 N–H and O–H groups in total. The Hall–Kier alpha value is -2.34. The van der Waals surface area contributed by atoms with Crippen molar-refractivity contribution in [2.24, 2.45) is 0 Å². The van der Waals surface area contributed by atoms with Crippen LogP contribution in [-0.2, 0) is 17.8 Å². The van der Waals surface area contributed by atoms with Gasteiger partial charge in [-0.25, -0.2) is 13.2 Å². The summed E-state index contributed by atoms with van der Waals surface area (Å²) in [5, 5.41) is 11.9. The van der Waals surface area contributed by atoms with E-state index in [0.29, 0.717) is 12.8 Å². The fourth-order valence-electron chi connectivity index (χ4n) is 2.44. The highest BCUT2D eigenvalue weighted by Gasteiger charge is 2.14. The van der Waals surface area contributed by atoms with Crippen molar-refractivity contribution < 1.29 is 23.1 Å². The minimum Gasteiger partial charge on any atom is -0.481 e. The monoisotopic (exact) mass is 337 g/mol. The Labute approximate surface area is 138 Å². The molecule has 0 aliphatic heterocycles. The number of aliphatic carboxylic acids is 1. The molecule has 3 nitrogen and oxygen atoms in total. The molecule has 6 heteroatoms. The van der Waals surface area contributed by atoms with Gasteiger partial charge < -0.3 is 10.4 Å². The summed E-state index contributed by atoms with van der Waals surface area (Å²) in [6.07, 6.45) is 0.938. The molecule has 0 fully saturated rings. The van der Waals surface area contributed by atoms with Crippen LogP contribution in [0.5, 0.6) is 0 Å². The number of benzene rings is 2. The van der Waals surface area contributed by atoms with Crippen LogP contribution in [0.15, 0.2) is 42.5 Å². The number of carboxylic acids is 1. The fourth-order valence-corrected chi connectivity index (χ4v) is 2.44. The van der Waals surface area contributed by atoms with Crippen LogP contribution in [0.25, 0.3) is 0 Å². The molecule has 0 spiro atoms. The van der Waals surface area contributed by atoms with E-state index >= 15 is 0 Å². The van der Waals surface area contributed by atoms with Crippen LogP contribution in [0.4, 0.5) is 13.2 Å². The van der Waals surface area contributed by atoms with E-state index in [1.54, 1.807) is 0 Å². The molecule has 0 bridgehead atoms. The first-order valence-corrected chi connectivity index (χ1v) is 7.58. The molecule has 1 atom stereocenters. The van der Waals surface area contributed by atoms with Gasteiger partial charge in [0.05, 0.1) is 0 Å². The maximum absolute atomic E-state index is 13.2. The molecule has 2 aromatic carbocycles. The molecule has 0 saturated heterocycles. The van der Waals surface area contributed by atoms with Crippen molar-refractivity contribution >= 4 is 5.97 Å². The van der Waals surface area contributed by atoms with Crippen molar-refractivity contribution in [3.63, 3.8) is 0 Å². The van der Waals surface area contributed by atoms with Gasteiger partial charge in [-0.2, -0.15) is 0 Å². The van der Waals surface area contributed by atoms with E-state index in [9.17, 15) is 18.0 Å². The van der Waals surface area contributed by atoms with E-state index in [4.69, 9.17) is 5.11 Å². The molecule has 0 aromatic heterocycles. The molecule has 0 amide bonds. The number of carbonyl (C=O) groups is 1. The first-order chi connectivity index (χ1) is 11.5. The Kier molecular flexibility index (Phi) is 6.37. The zero-order valence-corrected chi connectivity index (χ0v) is 12.9. The van der Waals surface area contributed by atoms with Crippen molar-refractivity contribution in [2.75, 3.05) is 0 Å². The van der Waals surface area contributed by atoms with Crippen LogP contribution in [0, 0.1) is 17.5 Å². The van der Waals surface area contributed by atoms with Gasteiger partial charge in [-0.05, 0) is 36.1 Å². The fraction of sp³-hybridized carbons (Fsp3) is 0.278. The maximum Gasteiger partial charge on any atom is 0.303 e. The lowest BCUT2D eigenvalue weighted by Crippen LogP contribution is -2.31. The number of halogens is 3.